The van der Waals surface area contributed by atoms with Gasteiger partial charge in [-0.1, -0.05) is 12.1 Å². The smallest absolute Gasteiger partial charge is 0.322 e. The molecule has 7 heteroatoms. The lowest BCUT2D eigenvalue weighted by Crippen LogP contribution is -2.54. The number of carbonyl (C=O) groups is 1. The number of anilines is 2. The summed E-state index contributed by atoms with van der Waals surface area (Å²) in [5.41, 5.74) is 1.62. The molecule has 0 unspecified atom stereocenters. The number of carboxylic acid groups (broad SMARTS) is 1. The number of aliphatic carboxylic acids is 1. The number of nitrogens with zero attached hydrogens (tertiary/aromatic N) is 3. The summed E-state index contributed by atoms with van der Waals surface area (Å²) in [7, 11) is 1.79. The summed E-state index contributed by atoms with van der Waals surface area (Å²) < 4.78 is 0. The molecule has 0 bridgehead atoms. The van der Waals surface area contributed by atoms with E-state index in [1.54, 1.807) is 7.05 Å². The van der Waals surface area contributed by atoms with Crippen LogP contribution in [0.4, 0.5) is 11.6 Å². The predicted molar refractivity (Wildman–Crippen MR) is 80.7 cm³/mol. The fourth-order valence-electron chi connectivity index (χ4n) is 2.49. The van der Waals surface area contributed by atoms with E-state index in [1.165, 1.54) is 0 Å². The number of fused-ring (bicyclic) bond motifs is 1. The van der Waals surface area contributed by atoms with Gasteiger partial charge in [-0.25, -0.2) is 9.97 Å². The summed E-state index contributed by atoms with van der Waals surface area (Å²) in [4.78, 5) is 22.3. The Hall–Kier alpha value is -2.41. The number of carboxylic acids is 1. The van der Waals surface area contributed by atoms with Crippen LogP contribution in [0.25, 0.3) is 11.0 Å². The van der Waals surface area contributed by atoms with Crippen molar-refractivity contribution in [3.8, 4) is 0 Å². The number of hydrogen-bond donors (Lipinski definition) is 3. The van der Waals surface area contributed by atoms with Crippen molar-refractivity contribution in [2.45, 2.75) is 6.04 Å². The van der Waals surface area contributed by atoms with Gasteiger partial charge in [0.1, 0.15) is 6.04 Å². The highest BCUT2D eigenvalue weighted by atomic mass is 16.4. The van der Waals surface area contributed by atoms with Crippen LogP contribution in [0.2, 0.25) is 0 Å². The highest BCUT2D eigenvalue weighted by Crippen LogP contribution is 2.25. The van der Waals surface area contributed by atoms with Crippen molar-refractivity contribution < 1.29 is 9.90 Å². The molecule has 1 aromatic heterocycles. The fraction of sp³-hybridized carbons (Fsp3) is 0.357. The van der Waals surface area contributed by atoms with Gasteiger partial charge in [0.25, 0.3) is 0 Å². The third-order valence-electron chi connectivity index (χ3n) is 3.56. The van der Waals surface area contributed by atoms with Crippen molar-refractivity contribution in [1.29, 1.82) is 0 Å². The van der Waals surface area contributed by atoms with E-state index in [0.717, 1.165) is 11.0 Å². The molecule has 1 aliphatic heterocycles. The highest BCUT2D eigenvalue weighted by molar-refractivity contribution is 5.81. The van der Waals surface area contributed by atoms with Gasteiger partial charge in [0.2, 0.25) is 0 Å². The number of para-hydroxylation sites is 2. The summed E-state index contributed by atoms with van der Waals surface area (Å²) >= 11 is 0. The Labute approximate surface area is 122 Å². The number of aromatic nitrogens is 2. The molecular formula is C14H17N5O2. The zero-order chi connectivity index (χ0) is 14.8. The lowest BCUT2D eigenvalue weighted by molar-refractivity contribution is -0.139. The van der Waals surface area contributed by atoms with Crippen LogP contribution in [0.5, 0.6) is 0 Å². The summed E-state index contributed by atoms with van der Waals surface area (Å²) in [6.45, 7) is 1.68. The lowest BCUT2D eigenvalue weighted by atomic mass is 10.2. The van der Waals surface area contributed by atoms with Crippen LogP contribution in [-0.2, 0) is 4.79 Å². The average Bonchev–Trinajstić information content (AvgIpc) is 2.53. The molecule has 0 saturated carbocycles. The van der Waals surface area contributed by atoms with E-state index < -0.39 is 12.0 Å². The number of hydrogen-bond acceptors (Lipinski definition) is 6. The first kappa shape index (κ1) is 13.6. The molecule has 7 nitrogen and oxygen atoms in total. The molecule has 1 atom stereocenters. The van der Waals surface area contributed by atoms with Crippen LogP contribution in [0.3, 0.4) is 0 Å². The van der Waals surface area contributed by atoms with E-state index in [1.807, 2.05) is 29.2 Å². The Morgan fingerprint density at radius 2 is 2.10 bits per heavy atom. The third kappa shape index (κ3) is 2.59. The maximum Gasteiger partial charge on any atom is 0.322 e. The van der Waals surface area contributed by atoms with Gasteiger partial charge >= 0.3 is 5.97 Å². The van der Waals surface area contributed by atoms with Gasteiger partial charge in [0.05, 0.1) is 11.0 Å². The van der Waals surface area contributed by atoms with Crippen molar-refractivity contribution in [3.05, 3.63) is 24.3 Å². The molecule has 0 spiro atoms. The quantitative estimate of drug-likeness (QED) is 0.758. The zero-order valence-corrected chi connectivity index (χ0v) is 11.7. The molecular weight excluding hydrogens is 270 g/mol. The minimum Gasteiger partial charge on any atom is -0.480 e. The maximum atomic E-state index is 11.2. The molecule has 0 amide bonds. The molecule has 2 aromatic rings. The van der Waals surface area contributed by atoms with Gasteiger partial charge in [-0.2, -0.15) is 0 Å². The Balaban J connectivity index is 2.00. The van der Waals surface area contributed by atoms with Gasteiger partial charge in [-0.3, -0.25) is 4.79 Å². The van der Waals surface area contributed by atoms with Crippen LogP contribution in [-0.4, -0.2) is 53.8 Å². The second-order valence-corrected chi connectivity index (χ2v) is 4.93. The number of nitrogens with one attached hydrogen (secondary N) is 2. The van der Waals surface area contributed by atoms with Gasteiger partial charge in [-0.15, -0.1) is 0 Å². The molecule has 1 saturated heterocycles. The van der Waals surface area contributed by atoms with E-state index in [4.69, 9.17) is 5.11 Å². The van der Waals surface area contributed by atoms with Crippen LogP contribution in [0.15, 0.2) is 24.3 Å². The Kier molecular flexibility index (Phi) is 3.57. The van der Waals surface area contributed by atoms with Crippen molar-refractivity contribution >= 4 is 28.6 Å². The summed E-state index contributed by atoms with van der Waals surface area (Å²) in [6, 6.07) is 7.06. The van der Waals surface area contributed by atoms with E-state index in [-0.39, 0.29) is 0 Å². The SMILES string of the molecule is CNc1nc2ccccc2nc1N1CCN[C@@H](C(=O)O)C1. The molecule has 110 valence electrons. The second kappa shape index (κ2) is 5.53. The van der Waals surface area contributed by atoms with Gasteiger partial charge < -0.3 is 20.6 Å². The third-order valence-corrected chi connectivity index (χ3v) is 3.56. The number of benzene rings is 1. The molecule has 2 heterocycles. The molecule has 1 aromatic carbocycles. The predicted octanol–water partition coefficient (Wildman–Crippen LogP) is 0.534. The zero-order valence-electron chi connectivity index (χ0n) is 11.7. The van der Waals surface area contributed by atoms with Crippen LogP contribution < -0.4 is 15.5 Å². The molecule has 3 N–H and O–H groups in total. The van der Waals surface area contributed by atoms with E-state index in [0.29, 0.717) is 31.3 Å². The Morgan fingerprint density at radius 1 is 1.38 bits per heavy atom. The monoisotopic (exact) mass is 287 g/mol. The minimum atomic E-state index is -0.848. The van der Waals surface area contributed by atoms with E-state index in [9.17, 15) is 4.79 Å². The van der Waals surface area contributed by atoms with Crippen LogP contribution >= 0.6 is 0 Å². The van der Waals surface area contributed by atoms with Crippen molar-refractivity contribution in [1.82, 2.24) is 15.3 Å². The first-order valence-corrected chi connectivity index (χ1v) is 6.84. The lowest BCUT2D eigenvalue weighted by Gasteiger charge is -2.33. The highest BCUT2D eigenvalue weighted by Gasteiger charge is 2.27. The molecule has 1 fully saturated rings. The van der Waals surface area contributed by atoms with Gasteiger partial charge in [0.15, 0.2) is 11.6 Å². The normalized spacial score (nSPS) is 18.7. The van der Waals surface area contributed by atoms with Gasteiger partial charge in [0, 0.05) is 26.7 Å². The fourth-order valence-corrected chi connectivity index (χ4v) is 2.49. The molecule has 3 rings (SSSR count). The molecule has 0 aliphatic carbocycles. The molecule has 1 aliphatic rings. The molecule has 0 radical (unpaired) electrons. The largest absolute Gasteiger partial charge is 0.480 e. The Bertz CT molecular complexity index is 675. The second-order valence-electron chi connectivity index (χ2n) is 4.93. The standard InChI is InChI=1S/C14H17N5O2/c1-15-12-13(18-10-5-3-2-4-9(10)17-12)19-7-6-16-11(8-19)14(20)21/h2-5,11,16H,6-8H2,1H3,(H,15,17)(H,20,21)/t11-/m1/s1. The first-order valence-electron chi connectivity index (χ1n) is 6.84. The summed E-state index contributed by atoms with van der Waals surface area (Å²) in [6.07, 6.45) is 0. The number of rotatable bonds is 3. The number of piperazine rings is 1. The maximum absolute atomic E-state index is 11.2. The van der Waals surface area contributed by atoms with E-state index in [2.05, 4.69) is 20.6 Å². The summed E-state index contributed by atoms with van der Waals surface area (Å²) in [5.74, 6) is 0.517. The topological polar surface area (TPSA) is 90.4 Å². The van der Waals surface area contributed by atoms with Crippen molar-refractivity contribution in [3.63, 3.8) is 0 Å². The van der Waals surface area contributed by atoms with E-state index >= 15 is 0 Å². The van der Waals surface area contributed by atoms with Gasteiger partial charge in [-0.05, 0) is 12.1 Å². The van der Waals surface area contributed by atoms with Crippen molar-refractivity contribution in [2.75, 3.05) is 36.9 Å². The first-order chi connectivity index (χ1) is 10.2. The Morgan fingerprint density at radius 3 is 2.76 bits per heavy atom. The average molecular weight is 287 g/mol. The van der Waals surface area contributed by atoms with Crippen LogP contribution in [0.1, 0.15) is 0 Å². The van der Waals surface area contributed by atoms with Crippen molar-refractivity contribution in [2.24, 2.45) is 0 Å². The van der Waals surface area contributed by atoms with Crippen LogP contribution in [0, 0.1) is 0 Å². The minimum absolute atomic E-state index is 0.372. The molecule has 21 heavy (non-hydrogen) atoms. The summed E-state index contributed by atoms with van der Waals surface area (Å²) in [5, 5.41) is 15.2.